The average molecular weight is 196 g/mol. The number of benzene rings is 1. The van der Waals surface area contributed by atoms with Gasteiger partial charge in [0, 0.05) is 11.4 Å². The summed E-state index contributed by atoms with van der Waals surface area (Å²) in [5.41, 5.74) is 1.66. The van der Waals surface area contributed by atoms with Crippen molar-refractivity contribution in [1.82, 2.24) is 4.98 Å². The smallest absolute Gasteiger partial charge is 0.195 e. The molecule has 13 heavy (non-hydrogen) atoms. The van der Waals surface area contributed by atoms with Gasteiger partial charge in [0.05, 0.1) is 0 Å². The van der Waals surface area contributed by atoms with Crippen molar-refractivity contribution in [3.8, 4) is 0 Å². The lowest BCUT2D eigenvalue weighted by Gasteiger charge is -1.86. The van der Waals surface area contributed by atoms with Crippen molar-refractivity contribution in [1.29, 1.82) is 0 Å². The van der Waals surface area contributed by atoms with Crippen LogP contribution in [0.1, 0.15) is 19.2 Å². The summed E-state index contributed by atoms with van der Waals surface area (Å²) in [7, 11) is 0. The van der Waals surface area contributed by atoms with Crippen LogP contribution in [0.15, 0.2) is 22.6 Å². The molecular weight excluding hydrogens is 186 g/mol. The quantitative estimate of drug-likeness (QED) is 0.734. The molecule has 0 unspecified atom stereocenters. The van der Waals surface area contributed by atoms with Gasteiger partial charge in [-0.3, -0.25) is 0 Å². The fraction of sp³-hybridized carbons (Fsp3) is 0.300. The van der Waals surface area contributed by atoms with E-state index < -0.39 is 0 Å². The molecule has 2 rings (SSSR count). The molecule has 0 radical (unpaired) electrons. The van der Waals surface area contributed by atoms with Gasteiger partial charge < -0.3 is 4.42 Å². The SMILES string of the molecule is CCCc1nc2cc(Cl)ccc2o1. The Labute approximate surface area is 81.5 Å². The topological polar surface area (TPSA) is 26.0 Å². The molecule has 0 fully saturated rings. The number of nitrogens with zero attached hydrogens (tertiary/aromatic N) is 1. The number of fused-ring (bicyclic) bond motifs is 1. The van der Waals surface area contributed by atoms with Gasteiger partial charge in [0.2, 0.25) is 0 Å². The first kappa shape index (κ1) is 8.57. The number of aryl methyl sites for hydroxylation is 1. The lowest BCUT2D eigenvalue weighted by molar-refractivity contribution is 0.525. The van der Waals surface area contributed by atoms with E-state index in [1.807, 2.05) is 18.2 Å². The molecular formula is C10H10ClNO. The van der Waals surface area contributed by atoms with E-state index in [0.29, 0.717) is 5.02 Å². The Balaban J connectivity index is 2.49. The standard InChI is InChI=1S/C10H10ClNO/c1-2-3-10-12-8-6-7(11)4-5-9(8)13-10/h4-6H,2-3H2,1H3. The number of oxazole rings is 1. The monoisotopic (exact) mass is 195 g/mol. The summed E-state index contributed by atoms with van der Waals surface area (Å²) in [5, 5.41) is 0.698. The van der Waals surface area contributed by atoms with Gasteiger partial charge in [-0.2, -0.15) is 0 Å². The van der Waals surface area contributed by atoms with E-state index in [4.69, 9.17) is 16.0 Å². The highest BCUT2D eigenvalue weighted by atomic mass is 35.5. The molecule has 2 nitrogen and oxygen atoms in total. The van der Waals surface area contributed by atoms with Crippen LogP contribution in [0.5, 0.6) is 0 Å². The largest absolute Gasteiger partial charge is 0.441 e. The number of rotatable bonds is 2. The summed E-state index contributed by atoms with van der Waals surface area (Å²) in [6.07, 6.45) is 1.92. The minimum Gasteiger partial charge on any atom is -0.441 e. The van der Waals surface area contributed by atoms with Crippen molar-refractivity contribution in [3.05, 3.63) is 29.1 Å². The highest BCUT2D eigenvalue weighted by molar-refractivity contribution is 6.31. The van der Waals surface area contributed by atoms with E-state index in [2.05, 4.69) is 11.9 Å². The van der Waals surface area contributed by atoms with Crippen molar-refractivity contribution in [2.45, 2.75) is 19.8 Å². The molecule has 0 saturated carbocycles. The fourth-order valence-corrected chi connectivity index (χ4v) is 1.44. The first-order chi connectivity index (χ1) is 6.29. The summed E-state index contributed by atoms with van der Waals surface area (Å²) in [6, 6.07) is 5.48. The van der Waals surface area contributed by atoms with Crippen LogP contribution in [0.3, 0.4) is 0 Å². The Hall–Kier alpha value is -1.02. The van der Waals surface area contributed by atoms with Crippen LogP contribution in [-0.4, -0.2) is 4.98 Å². The van der Waals surface area contributed by atoms with Crippen molar-refractivity contribution >= 4 is 22.7 Å². The third-order valence-electron chi connectivity index (χ3n) is 1.86. The van der Waals surface area contributed by atoms with Gasteiger partial charge in [-0.25, -0.2) is 4.98 Å². The van der Waals surface area contributed by atoms with E-state index in [0.717, 1.165) is 29.8 Å². The molecule has 0 aliphatic heterocycles. The number of halogens is 1. The van der Waals surface area contributed by atoms with Gasteiger partial charge in [0.25, 0.3) is 0 Å². The van der Waals surface area contributed by atoms with E-state index in [1.54, 1.807) is 0 Å². The van der Waals surface area contributed by atoms with Gasteiger partial charge in [-0.15, -0.1) is 0 Å². The molecule has 1 heterocycles. The van der Waals surface area contributed by atoms with Crippen LogP contribution >= 0.6 is 11.6 Å². The second kappa shape index (κ2) is 3.38. The van der Waals surface area contributed by atoms with Crippen molar-refractivity contribution in [2.24, 2.45) is 0 Å². The molecule has 0 atom stereocenters. The maximum absolute atomic E-state index is 5.82. The van der Waals surface area contributed by atoms with Crippen molar-refractivity contribution in [2.75, 3.05) is 0 Å². The first-order valence-electron chi connectivity index (χ1n) is 4.34. The van der Waals surface area contributed by atoms with E-state index in [-0.39, 0.29) is 0 Å². The van der Waals surface area contributed by atoms with Crippen molar-refractivity contribution < 1.29 is 4.42 Å². The minimum atomic E-state index is 0.698. The highest BCUT2D eigenvalue weighted by Gasteiger charge is 2.04. The maximum Gasteiger partial charge on any atom is 0.195 e. The summed E-state index contributed by atoms with van der Waals surface area (Å²) in [5.74, 6) is 0.791. The molecule has 3 heteroatoms. The van der Waals surface area contributed by atoms with Gasteiger partial charge >= 0.3 is 0 Å². The zero-order chi connectivity index (χ0) is 9.26. The summed E-state index contributed by atoms with van der Waals surface area (Å²) in [6.45, 7) is 2.10. The molecule has 0 amide bonds. The molecule has 0 aliphatic carbocycles. The lowest BCUT2D eigenvalue weighted by atomic mass is 10.3. The van der Waals surface area contributed by atoms with Crippen LogP contribution in [0.25, 0.3) is 11.1 Å². The molecule has 0 bridgehead atoms. The van der Waals surface area contributed by atoms with Crippen LogP contribution in [0.4, 0.5) is 0 Å². The zero-order valence-electron chi connectivity index (χ0n) is 7.38. The van der Waals surface area contributed by atoms with Gasteiger partial charge in [0.1, 0.15) is 5.52 Å². The van der Waals surface area contributed by atoms with Crippen LogP contribution < -0.4 is 0 Å². The Kier molecular flexibility index (Phi) is 2.23. The number of aromatic nitrogens is 1. The highest BCUT2D eigenvalue weighted by Crippen LogP contribution is 2.20. The third-order valence-corrected chi connectivity index (χ3v) is 2.09. The summed E-state index contributed by atoms with van der Waals surface area (Å²) in [4.78, 5) is 4.31. The molecule has 2 aromatic rings. The Morgan fingerprint density at radius 3 is 3.08 bits per heavy atom. The van der Waals surface area contributed by atoms with Crippen LogP contribution in [-0.2, 0) is 6.42 Å². The molecule has 0 spiro atoms. The van der Waals surface area contributed by atoms with Gasteiger partial charge in [-0.1, -0.05) is 18.5 Å². The number of hydrogen-bond acceptors (Lipinski definition) is 2. The molecule has 0 N–H and O–H groups in total. The van der Waals surface area contributed by atoms with E-state index in [1.165, 1.54) is 0 Å². The van der Waals surface area contributed by atoms with Crippen LogP contribution in [0.2, 0.25) is 5.02 Å². The average Bonchev–Trinajstić information content (AvgIpc) is 2.46. The van der Waals surface area contributed by atoms with Gasteiger partial charge in [0.15, 0.2) is 11.5 Å². The summed E-state index contributed by atoms with van der Waals surface area (Å²) >= 11 is 5.82. The van der Waals surface area contributed by atoms with Crippen molar-refractivity contribution in [3.63, 3.8) is 0 Å². The predicted octanol–water partition coefficient (Wildman–Crippen LogP) is 3.43. The molecule has 1 aromatic carbocycles. The third kappa shape index (κ3) is 1.68. The second-order valence-corrected chi connectivity index (χ2v) is 3.41. The van der Waals surface area contributed by atoms with Gasteiger partial charge in [-0.05, 0) is 24.6 Å². The van der Waals surface area contributed by atoms with E-state index in [9.17, 15) is 0 Å². The molecule has 1 aromatic heterocycles. The normalized spacial score (nSPS) is 10.9. The molecule has 0 aliphatic rings. The summed E-state index contributed by atoms with van der Waals surface area (Å²) < 4.78 is 5.49. The minimum absolute atomic E-state index is 0.698. The molecule has 0 saturated heterocycles. The predicted molar refractivity (Wildman–Crippen MR) is 53.0 cm³/mol. The maximum atomic E-state index is 5.82. The van der Waals surface area contributed by atoms with Crippen LogP contribution in [0, 0.1) is 0 Å². The lowest BCUT2D eigenvalue weighted by Crippen LogP contribution is -1.79. The Morgan fingerprint density at radius 1 is 1.46 bits per heavy atom. The zero-order valence-corrected chi connectivity index (χ0v) is 8.14. The first-order valence-corrected chi connectivity index (χ1v) is 4.72. The second-order valence-electron chi connectivity index (χ2n) is 2.97. The Bertz CT molecular complexity index is 422. The fourth-order valence-electron chi connectivity index (χ4n) is 1.27. The number of hydrogen-bond donors (Lipinski definition) is 0. The Morgan fingerprint density at radius 2 is 2.31 bits per heavy atom. The van der Waals surface area contributed by atoms with E-state index >= 15 is 0 Å². The molecule has 68 valence electrons.